The Morgan fingerprint density at radius 1 is 1.08 bits per heavy atom. The highest BCUT2D eigenvalue weighted by molar-refractivity contribution is 5.98. The summed E-state index contributed by atoms with van der Waals surface area (Å²) < 4.78 is 10.6. The van der Waals surface area contributed by atoms with Crippen molar-refractivity contribution in [2.45, 2.75) is 57.1 Å². The van der Waals surface area contributed by atoms with Gasteiger partial charge in [-0.3, -0.25) is 4.79 Å². The molecule has 2 fully saturated rings. The molecule has 0 radical (unpaired) electrons. The molecule has 0 heterocycles. The summed E-state index contributed by atoms with van der Waals surface area (Å²) in [6.07, 6.45) is 6.44. The highest BCUT2D eigenvalue weighted by Gasteiger charge is 2.26. The highest BCUT2D eigenvalue weighted by Crippen LogP contribution is 2.28. The number of aliphatic hydroxyl groups excluding tert-OH is 1. The zero-order chi connectivity index (χ0) is 18.5. The fourth-order valence-electron chi connectivity index (χ4n) is 3.45. The van der Waals surface area contributed by atoms with E-state index >= 15 is 0 Å². The lowest BCUT2D eigenvalue weighted by atomic mass is 9.86. The molecule has 0 unspecified atom stereocenters. The van der Waals surface area contributed by atoms with Gasteiger partial charge in [0.1, 0.15) is 5.75 Å². The van der Waals surface area contributed by atoms with E-state index in [-0.39, 0.29) is 17.5 Å². The Balaban J connectivity index is 1.74. The topological polar surface area (TPSA) is 84.9 Å². The summed E-state index contributed by atoms with van der Waals surface area (Å²) in [5.74, 6) is 0.224. The molecule has 2 saturated carbocycles. The lowest BCUT2D eigenvalue weighted by Crippen LogP contribution is -2.45. The van der Waals surface area contributed by atoms with Gasteiger partial charge >= 0.3 is 5.97 Å². The molecular weight excluding hydrogens is 334 g/mol. The van der Waals surface area contributed by atoms with Gasteiger partial charge in [-0.2, -0.15) is 0 Å². The first kappa shape index (κ1) is 18.7. The lowest BCUT2D eigenvalue weighted by Gasteiger charge is -2.28. The summed E-state index contributed by atoms with van der Waals surface area (Å²) in [6.45, 7) is 0.590. The maximum absolute atomic E-state index is 12.6. The first-order chi connectivity index (χ1) is 12.6. The standard InChI is InChI=1S/C20H27NO5/c1-25-20(24)15-9-14(10-16(11-15)26-12-13-5-4-6-13)19(23)21-17-7-2-3-8-18(17)22/h9-11,13,17-18,22H,2-8,12H2,1H3,(H,21,23)/t17-,18-/m1/s1. The van der Waals surface area contributed by atoms with Crippen LogP contribution in [0.5, 0.6) is 5.75 Å². The van der Waals surface area contributed by atoms with Gasteiger partial charge in [0, 0.05) is 5.56 Å². The summed E-state index contributed by atoms with van der Waals surface area (Å²) in [5.41, 5.74) is 0.627. The van der Waals surface area contributed by atoms with Crippen LogP contribution in [0.3, 0.4) is 0 Å². The van der Waals surface area contributed by atoms with Gasteiger partial charge in [-0.05, 0) is 49.8 Å². The molecule has 0 saturated heterocycles. The predicted octanol–water partition coefficient (Wildman–Crippen LogP) is 2.69. The van der Waals surface area contributed by atoms with Crippen molar-refractivity contribution in [1.29, 1.82) is 0 Å². The molecule has 3 rings (SSSR count). The zero-order valence-electron chi connectivity index (χ0n) is 15.2. The third-order valence-electron chi connectivity index (χ3n) is 5.35. The van der Waals surface area contributed by atoms with E-state index < -0.39 is 12.1 Å². The largest absolute Gasteiger partial charge is 0.493 e. The van der Waals surface area contributed by atoms with Crippen LogP contribution >= 0.6 is 0 Å². The highest BCUT2D eigenvalue weighted by atomic mass is 16.5. The normalized spacial score (nSPS) is 23.0. The van der Waals surface area contributed by atoms with Crippen molar-refractivity contribution in [2.75, 3.05) is 13.7 Å². The van der Waals surface area contributed by atoms with Crippen molar-refractivity contribution in [1.82, 2.24) is 5.32 Å². The molecule has 6 heteroatoms. The molecule has 0 aromatic heterocycles. The number of amides is 1. The second kappa shape index (κ2) is 8.54. The number of rotatable bonds is 6. The maximum atomic E-state index is 12.6. The average molecular weight is 361 g/mol. The first-order valence-electron chi connectivity index (χ1n) is 9.42. The number of hydrogen-bond acceptors (Lipinski definition) is 5. The van der Waals surface area contributed by atoms with E-state index in [2.05, 4.69) is 5.32 Å². The Morgan fingerprint density at radius 3 is 2.46 bits per heavy atom. The number of esters is 1. The smallest absolute Gasteiger partial charge is 0.338 e. The lowest BCUT2D eigenvalue weighted by molar-refractivity contribution is 0.0600. The number of aliphatic hydroxyl groups is 1. The van der Waals surface area contributed by atoms with Gasteiger partial charge in [0.15, 0.2) is 0 Å². The van der Waals surface area contributed by atoms with Crippen LogP contribution in [0.1, 0.15) is 65.7 Å². The van der Waals surface area contributed by atoms with Crippen LogP contribution in [-0.2, 0) is 4.74 Å². The molecule has 6 nitrogen and oxygen atoms in total. The van der Waals surface area contributed by atoms with E-state index in [1.807, 2.05) is 0 Å². The number of ether oxygens (including phenoxy) is 2. The molecule has 1 aromatic carbocycles. The van der Waals surface area contributed by atoms with Crippen LogP contribution in [0.4, 0.5) is 0 Å². The van der Waals surface area contributed by atoms with E-state index in [4.69, 9.17) is 9.47 Å². The molecule has 142 valence electrons. The summed E-state index contributed by atoms with van der Waals surface area (Å²) >= 11 is 0. The monoisotopic (exact) mass is 361 g/mol. The molecule has 2 N–H and O–H groups in total. The Bertz CT molecular complexity index is 656. The van der Waals surface area contributed by atoms with Gasteiger partial charge in [-0.25, -0.2) is 4.79 Å². The van der Waals surface area contributed by atoms with E-state index in [0.717, 1.165) is 32.1 Å². The van der Waals surface area contributed by atoms with E-state index in [0.29, 0.717) is 30.3 Å². The summed E-state index contributed by atoms with van der Waals surface area (Å²) in [7, 11) is 1.31. The number of hydrogen-bond donors (Lipinski definition) is 2. The number of methoxy groups -OCH3 is 1. The van der Waals surface area contributed by atoms with Gasteiger partial charge in [-0.1, -0.05) is 19.3 Å². The van der Waals surface area contributed by atoms with Crippen molar-refractivity contribution >= 4 is 11.9 Å². The summed E-state index contributed by atoms with van der Waals surface area (Å²) in [5, 5.41) is 13.0. The van der Waals surface area contributed by atoms with E-state index in [1.165, 1.54) is 19.6 Å². The fraction of sp³-hybridized carbons (Fsp3) is 0.600. The molecule has 1 aromatic rings. The quantitative estimate of drug-likeness (QED) is 0.761. The van der Waals surface area contributed by atoms with Gasteiger partial charge in [0.2, 0.25) is 0 Å². The minimum absolute atomic E-state index is 0.252. The zero-order valence-corrected chi connectivity index (χ0v) is 15.2. The summed E-state index contributed by atoms with van der Waals surface area (Å²) in [4.78, 5) is 24.6. The van der Waals surface area contributed by atoms with Crippen LogP contribution in [0, 0.1) is 5.92 Å². The van der Waals surface area contributed by atoms with Crippen LogP contribution < -0.4 is 10.1 Å². The minimum Gasteiger partial charge on any atom is -0.493 e. The first-order valence-corrected chi connectivity index (χ1v) is 9.42. The number of benzene rings is 1. The average Bonchev–Trinajstić information content (AvgIpc) is 2.61. The Labute approximate surface area is 153 Å². The molecular formula is C20H27NO5. The second-order valence-electron chi connectivity index (χ2n) is 7.28. The molecule has 26 heavy (non-hydrogen) atoms. The number of carbonyl (C=O) groups excluding carboxylic acids is 2. The van der Waals surface area contributed by atoms with Crippen molar-refractivity contribution in [2.24, 2.45) is 5.92 Å². The van der Waals surface area contributed by atoms with Crippen molar-refractivity contribution in [3.63, 3.8) is 0 Å². The number of carbonyl (C=O) groups is 2. The summed E-state index contributed by atoms with van der Waals surface area (Å²) in [6, 6.07) is 4.51. The minimum atomic E-state index is -0.522. The van der Waals surface area contributed by atoms with Crippen LogP contribution in [0.2, 0.25) is 0 Å². The van der Waals surface area contributed by atoms with E-state index in [1.54, 1.807) is 12.1 Å². The van der Waals surface area contributed by atoms with Crippen molar-refractivity contribution in [3.8, 4) is 5.75 Å². The number of nitrogens with one attached hydrogen (secondary N) is 1. The molecule has 2 atom stereocenters. The Morgan fingerprint density at radius 2 is 1.81 bits per heavy atom. The van der Waals surface area contributed by atoms with Gasteiger partial charge in [-0.15, -0.1) is 0 Å². The molecule has 2 aliphatic rings. The van der Waals surface area contributed by atoms with Crippen LogP contribution in [-0.4, -0.2) is 42.8 Å². The van der Waals surface area contributed by atoms with Gasteiger partial charge < -0.3 is 19.9 Å². The Hall–Kier alpha value is -2.08. The molecule has 0 spiro atoms. The SMILES string of the molecule is COC(=O)c1cc(OCC2CCC2)cc(C(=O)N[C@@H]2CCCC[C@H]2O)c1. The van der Waals surface area contributed by atoms with Gasteiger partial charge in [0.05, 0.1) is 31.4 Å². The molecule has 1 amide bonds. The third-order valence-corrected chi connectivity index (χ3v) is 5.35. The molecule has 0 aliphatic heterocycles. The second-order valence-corrected chi connectivity index (χ2v) is 7.28. The van der Waals surface area contributed by atoms with Gasteiger partial charge in [0.25, 0.3) is 5.91 Å². The Kier molecular flexibility index (Phi) is 6.14. The molecule has 0 bridgehead atoms. The van der Waals surface area contributed by atoms with Crippen molar-refractivity contribution in [3.05, 3.63) is 29.3 Å². The van der Waals surface area contributed by atoms with E-state index in [9.17, 15) is 14.7 Å². The maximum Gasteiger partial charge on any atom is 0.338 e. The predicted molar refractivity (Wildman–Crippen MR) is 96.3 cm³/mol. The third kappa shape index (κ3) is 4.55. The van der Waals surface area contributed by atoms with Crippen LogP contribution in [0.25, 0.3) is 0 Å². The fourth-order valence-corrected chi connectivity index (χ4v) is 3.45. The van der Waals surface area contributed by atoms with Crippen LogP contribution in [0.15, 0.2) is 18.2 Å². The van der Waals surface area contributed by atoms with Crippen molar-refractivity contribution < 1.29 is 24.2 Å². The molecule has 2 aliphatic carbocycles.